The third-order valence-corrected chi connectivity index (χ3v) is 2.85. The molecule has 0 aliphatic heterocycles. The molecule has 0 unspecified atom stereocenters. The number of hydrogen-bond acceptors (Lipinski definition) is 1. The average Bonchev–Trinajstić information content (AvgIpc) is 2.66. The highest BCUT2D eigenvalue weighted by Crippen LogP contribution is 2.17. The quantitative estimate of drug-likeness (QED) is 0.436. The van der Waals surface area contributed by atoms with Crippen LogP contribution in [-0.4, -0.2) is 17.8 Å². The molecule has 2 heteroatoms. The van der Waals surface area contributed by atoms with Crippen molar-refractivity contribution in [2.24, 2.45) is 0 Å². The van der Waals surface area contributed by atoms with Gasteiger partial charge in [0.25, 0.3) is 0 Å². The van der Waals surface area contributed by atoms with Crippen LogP contribution >= 0.6 is 0 Å². The molecule has 0 saturated carbocycles. The lowest BCUT2D eigenvalue weighted by Crippen LogP contribution is -2.24. The van der Waals surface area contributed by atoms with Crippen LogP contribution in [0.3, 0.4) is 0 Å². The Bertz CT molecular complexity index is 422. The van der Waals surface area contributed by atoms with E-state index >= 15 is 0 Å². The fourth-order valence-electron chi connectivity index (χ4n) is 1.65. The maximum atomic E-state index is 8.02. The summed E-state index contributed by atoms with van der Waals surface area (Å²) in [5.41, 5.74) is 1.97. The summed E-state index contributed by atoms with van der Waals surface area (Å²) >= 11 is 0. The first-order valence-corrected chi connectivity index (χ1v) is 6.35. The predicted molar refractivity (Wildman–Crippen MR) is 79.7 cm³/mol. The maximum absolute atomic E-state index is 8.02. The molecule has 0 aromatic rings. The molecule has 1 aliphatic carbocycles. The molecule has 2 nitrogen and oxygen atoms in total. The van der Waals surface area contributed by atoms with Crippen molar-refractivity contribution in [1.82, 2.24) is 4.90 Å². The van der Waals surface area contributed by atoms with Gasteiger partial charge in [-0.05, 0) is 18.4 Å². The first-order chi connectivity index (χ1) is 8.66. The van der Waals surface area contributed by atoms with Gasteiger partial charge < -0.3 is 4.90 Å². The summed E-state index contributed by atoms with van der Waals surface area (Å²) in [5.74, 6) is 0.566. The summed E-state index contributed by atoms with van der Waals surface area (Å²) in [6, 6.07) is 0. The van der Waals surface area contributed by atoms with Gasteiger partial charge in [0.2, 0.25) is 0 Å². The van der Waals surface area contributed by atoms with E-state index in [4.69, 9.17) is 5.41 Å². The summed E-state index contributed by atoms with van der Waals surface area (Å²) in [6.07, 6.45) is 17.0. The van der Waals surface area contributed by atoms with Crippen LogP contribution < -0.4 is 0 Å². The van der Waals surface area contributed by atoms with Crippen LogP contribution in [-0.2, 0) is 0 Å². The largest absolute Gasteiger partial charge is 0.333 e. The third kappa shape index (κ3) is 4.21. The van der Waals surface area contributed by atoms with Gasteiger partial charge in [-0.25, -0.2) is 0 Å². The number of rotatable bonds is 5. The predicted octanol–water partition coefficient (Wildman–Crippen LogP) is 4.21. The fourth-order valence-corrected chi connectivity index (χ4v) is 1.65. The Hall–Kier alpha value is -1.83. The first kappa shape index (κ1) is 14.2. The summed E-state index contributed by atoms with van der Waals surface area (Å²) < 4.78 is 0. The minimum Gasteiger partial charge on any atom is -0.333 e. The molecule has 0 fully saturated rings. The maximum Gasteiger partial charge on any atom is 0.104 e. The lowest BCUT2D eigenvalue weighted by molar-refractivity contribution is 0.626. The van der Waals surface area contributed by atoms with Gasteiger partial charge in [0.15, 0.2) is 0 Å². The van der Waals surface area contributed by atoms with Crippen molar-refractivity contribution in [3.8, 4) is 0 Å². The number of allylic oxidation sites excluding steroid dienone is 6. The van der Waals surface area contributed by atoms with E-state index < -0.39 is 0 Å². The molecule has 0 heterocycles. The first-order valence-electron chi connectivity index (χ1n) is 6.35. The van der Waals surface area contributed by atoms with Crippen molar-refractivity contribution in [3.05, 3.63) is 60.4 Å². The summed E-state index contributed by atoms with van der Waals surface area (Å²) in [7, 11) is 1.90. The highest BCUT2D eigenvalue weighted by molar-refractivity contribution is 5.82. The Morgan fingerprint density at radius 2 is 2.22 bits per heavy atom. The zero-order valence-electron chi connectivity index (χ0n) is 11.3. The second-order valence-corrected chi connectivity index (χ2v) is 4.22. The van der Waals surface area contributed by atoms with Crippen LogP contribution in [0.5, 0.6) is 0 Å². The summed E-state index contributed by atoms with van der Waals surface area (Å²) in [6.45, 7) is 6.18. The van der Waals surface area contributed by atoms with Gasteiger partial charge >= 0.3 is 0 Å². The smallest absolute Gasteiger partial charge is 0.104 e. The van der Waals surface area contributed by atoms with E-state index in [1.165, 1.54) is 0 Å². The Labute approximate surface area is 110 Å². The molecule has 0 saturated heterocycles. The number of amidine groups is 1. The summed E-state index contributed by atoms with van der Waals surface area (Å²) in [5, 5.41) is 8.02. The Kier molecular flexibility index (Phi) is 5.92. The molecular formula is C16H22N2. The van der Waals surface area contributed by atoms with E-state index in [1.54, 1.807) is 0 Å². The van der Waals surface area contributed by atoms with Crippen LogP contribution in [0.1, 0.15) is 26.2 Å². The van der Waals surface area contributed by atoms with Crippen LogP contribution in [0.25, 0.3) is 0 Å². The molecule has 0 bridgehead atoms. The lowest BCUT2D eigenvalue weighted by atomic mass is 10.1. The highest BCUT2D eigenvalue weighted by atomic mass is 15.1. The molecule has 0 radical (unpaired) electrons. The van der Waals surface area contributed by atoms with Gasteiger partial charge in [0.1, 0.15) is 5.84 Å². The second kappa shape index (κ2) is 7.49. The monoisotopic (exact) mass is 242 g/mol. The molecule has 1 rings (SSSR count). The van der Waals surface area contributed by atoms with Crippen molar-refractivity contribution in [1.29, 1.82) is 5.41 Å². The van der Waals surface area contributed by atoms with E-state index in [1.807, 2.05) is 36.3 Å². The van der Waals surface area contributed by atoms with E-state index in [0.29, 0.717) is 12.3 Å². The van der Waals surface area contributed by atoms with E-state index in [0.717, 1.165) is 24.1 Å². The molecule has 0 aromatic carbocycles. The number of likely N-dealkylation sites (N-methyl/N-ethyl adjacent to an activating group) is 1. The molecule has 18 heavy (non-hydrogen) atoms. The van der Waals surface area contributed by atoms with Crippen LogP contribution in [0.15, 0.2) is 60.4 Å². The molecule has 0 spiro atoms. The molecule has 0 atom stereocenters. The molecular weight excluding hydrogens is 220 g/mol. The number of hydrogen-bond donors (Lipinski definition) is 1. The molecule has 1 aliphatic rings. The normalized spacial score (nSPS) is 14.4. The van der Waals surface area contributed by atoms with Gasteiger partial charge in [-0.15, -0.1) is 0 Å². The zero-order valence-corrected chi connectivity index (χ0v) is 11.3. The van der Waals surface area contributed by atoms with Gasteiger partial charge in [0, 0.05) is 19.2 Å². The lowest BCUT2D eigenvalue weighted by Gasteiger charge is -2.22. The summed E-state index contributed by atoms with van der Waals surface area (Å²) in [4.78, 5) is 1.85. The van der Waals surface area contributed by atoms with Crippen LogP contribution in [0.4, 0.5) is 0 Å². The SMILES string of the molecule is C=C(C1=CCC=CC=C1)N(C)C(=N)C/C=C\CC. The highest BCUT2D eigenvalue weighted by Gasteiger charge is 2.09. The molecule has 0 amide bonds. The van der Waals surface area contributed by atoms with Crippen LogP contribution in [0, 0.1) is 5.41 Å². The topological polar surface area (TPSA) is 27.1 Å². The number of nitrogens with zero attached hydrogens (tertiary/aromatic N) is 1. The minimum absolute atomic E-state index is 0.566. The Morgan fingerprint density at radius 1 is 1.44 bits per heavy atom. The van der Waals surface area contributed by atoms with Gasteiger partial charge in [-0.1, -0.05) is 56.0 Å². The van der Waals surface area contributed by atoms with Gasteiger partial charge in [-0.2, -0.15) is 0 Å². The Balaban J connectivity index is 2.63. The van der Waals surface area contributed by atoms with Crippen molar-refractivity contribution in [3.63, 3.8) is 0 Å². The van der Waals surface area contributed by atoms with Crippen molar-refractivity contribution < 1.29 is 0 Å². The second-order valence-electron chi connectivity index (χ2n) is 4.22. The Morgan fingerprint density at radius 3 is 2.94 bits per heavy atom. The van der Waals surface area contributed by atoms with E-state index in [-0.39, 0.29) is 0 Å². The molecule has 96 valence electrons. The average molecular weight is 242 g/mol. The fraction of sp³-hybridized carbons (Fsp3) is 0.312. The van der Waals surface area contributed by atoms with Crippen molar-refractivity contribution in [2.75, 3.05) is 7.05 Å². The standard InChI is InChI=1S/C16H22N2/c1-4-5-8-13-16(17)18(3)14(2)15-11-9-6-7-10-12-15/h5-9,11-12,17H,2,4,10,13H2,1,3H3/b8-5-,17-16?. The van der Waals surface area contributed by atoms with E-state index in [2.05, 4.69) is 31.7 Å². The van der Waals surface area contributed by atoms with Crippen molar-refractivity contribution in [2.45, 2.75) is 26.2 Å². The van der Waals surface area contributed by atoms with E-state index in [9.17, 15) is 0 Å². The van der Waals surface area contributed by atoms with Crippen LogP contribution in [0.2, 0.25) is 0 Å². The number of nitrogens with one attached hydrogen (secondary N) is 1. The van der Waals surface area contributed by atoms with Gasteiger partial charge in [0.05, 0.1) is 0 Å². The van der Waals surface area contributed by atoms with Gasteiger partial charge in [-0.3, -0.25) is 5.41 Å². The zero-order chi connectivity index (χ0) is 13.4. The third-order valence-electron chi connectivity index (χ3n) is 2.85. The van der Waals surface area contributed by atoms with Crippen molar-refractivity contribution >= 4 is 5.84 Å². The minimum atomic E-state index is 0.566. The molecule has 1 N–H and O–H groups in total. The molecule has 0 aromatic heterocycles.